The molecule has 3 aliphatic carbocycles. The van der Waals surface area contributed by atoms with Gasteiger partial charge in [0.2, 0.25) is 0 Å². The first kappa shape index (κ1) is 10.4. The van der Waals surface area contributed by atoms with Crippen LogP contribution in [0.25, 0.3) is 0 Å². The van der Waals surface area contributed by atoms with Crippen LogP contribution in [0.1, 0.15) is 33.6 Å². The first-order chi connectivity index (χ1) is 6.44. The van der Waals surface area contributed by atoms with E-state index in [0.717, 1.165) is 17.9 Å². The maximum absolute atomic E-state index is 11.9. The number of carbonyl (C=O) groups excluding carboxylic acids is 1. The third-order valence-corrected chi connectivity index (χ3v) is 4.53. The third-order valence-electron chi connectivity index (χ3n) is 4.11. The molecule has 0 aliphatic heterocycles. The van der Waals surface area contributed by atoms with Crippen molar-refractivity contribution in [3.63, 3.8) is 0 Å². The minimum Gasteiger partial charge on any atom is -0.293 e. The molecule has 1 nitrogen and oxygen atoms in total. The summed E-state index contributed by atoms with van der Waals surface area (Å²) in [7, 11) is 0. The van der Waals surface area contributed by atoms with Crippen LogP contribution >= 0.6 is 15.9 Å². The average Bonchev–Trinajstić information content (AvgIpc) is 2.16. The quantitative estimate of drug-likeness (QED) is 0.693. The van der Waals surface area contributed by atoms with Gasteiger partial charge in [0, 0.05) is 0 Å². The predicted octanol–water partition coefficient (Wildman–Crippen LogP) is 3.33. The molecule has 2 heteroatoms. The van der Waals surface area contributed by atoms with Gasteiger partial charge < -0.3 is 0 Å². The van der Waals surface area contributed by atoms with E-state index in [9.17, 15) is 4.79 Å². The molecule has 2 bridgehead atoms. The summed E-state index contributed by atoms with van der Waals surface area (Å²) in [5, 5.41) is 0. The highest BCUT2D eigenvalue weighted by molar-refractivity contribution is 9.10. The van der Waals surface area contributed by atoms with Crippen molar-refractivity contribution in [3.05, 3.63) is 11.6 Å². The third kappa shape index (κ3) is 1.30. The van der Waals surface area contributed by atoms with E-state index < -0.39 is 0 Å². The van der Waals surface area contributed by atoms with Gasteiger partial charge in [-0.1, -0.05) is 35.9 Å². The van der Waals surface area contributed by atoms with Crippen LogP contribution in [-0.4, -0.2) is 10.6 Å². The summed E-state index contributed by atoms with van der Waals surface area (Å²) in [6.07, 6.45) is 4.50. The van der Waals surface area contributed by atoms with Gasteiger partial charge in [0.05, 0.1) is 4.83 Å². The van der Waals surface area contributed by atoms with Crippen molar-refractivity contribution < 1.29 is 4.79 Å². The molecule has 3 rings (SSSR count). The number of hydrogen-bond acceptors (Lipinski definition) is 1. The molecule has 0 N–H and O–H groups in total. The monoisotopic (exact) mass is 256 g/mol. The first-order valence-corrected chi connectivity index (χ1v) is 6.24. The molecule has 0 heterocycles. The Kier molecular flexibility index (Phi) is 2.37. The minimum absolute atomic E-state index is 0.0262. The zero-order valence-electron chi connectivity index (χ0n) is 9.01. The van der Waals surface area contributed by atoms with Gasteiger partial charge in [0.15, 0.2) is 5.78 Å². The Labute approximate surface area is 94.1 Å². The van der Waals surface area contributed by atoms with Gasteiger partial charge in [0.1, 0.15) is 0 Å². The Balaban J connectivity index is 2.23. The topological polar surface area (TPSA) is 17.1 Å². The van der Waals surface area contributed by atoms with E-state index in [2.05, 4.69) is 35.9 Å². The molecule has 0 aromatic heterocycles. The maximum atomic E-state index is 11.9. The molecule has 0 aromatic rings. The van der Waals surface area contributed by atoms with Crippen molar-refractivity contribution in [2.45, 2.75) is 38.4 Å². The molecular formula is C12H17BrO. The molecule has 0 spiro atoms. The van der Waals surface area contributed by atoms with Crippen LogP contribution in [0.4, 0.5) is 0 Å². The molecule has 0 radical (unpaired) electrons. The van der Waals surface area contributed by atoms with E-state index in [0.29, 0.717) is 17.1 Å². The fourth-order valence-corrected chi connectivity index (χ4v) is 3.12. The zero-order valence-corrected chi connectivity index (χ0v) is 10.6. The van der Waals surface area contributed by atoms with Crippen LogP contribution in [0.3, 0.4) is 0 Å². The van der Waals surface area contributed by atoms with Gasteiger partial charge in [-0.05, 0) is 42.6 Å². The van der Waals surface area contributed by atoms with Gasteiger partial charge in [-0.15, -0.1) is 0 Å². The van der Waals surface area contributed by atoms with E-state index in [1.54, 1.807) is 0 Å². The standard InChI is InChI=1S/C12H17BrO/c1-7(13)11(14)9-5-4-8-6-10(9)12(8,2)3/h5,7-8,10H,4,6H2,1-3H3/t7?,8-,10-/m0/s1. The molecule has 1 unspecified atom stereocenters. The Morgan fingerprint density at radius 3 is 2.71 bits per heavy atom. The van der Waals surface area contributed by atoms with Crippen molar-refractivity contribution in [1.82, 2.24) is 0 Å². The molecule has 78 valence electrons. The van der Waals surface area contributed by atoms with Gasteiger partial charge in [0.25, 0.3) is 0 Å². The Hall–Kier alpha value is -0.110. The van der Waals surface area contributed by atoms with E-state index >= 15 is 0 Å². The fourth-order valence-electron chi connectivity index (χ4n) is 2.86. The lowest BCUT2D eigenvalue weighted by atomic mass is 9.48. The fraction of sp³-hybridized carbons (Fsp3) is 0.750. The molecular weight excluding hydrogens is 240 g/mol. The lowest BCUT2D eigenvalue weighted by Crippen LogP contribution is -2.49. The normalized spacial score (nSPS) is 35.6. The molecule has 14 heavy (non-hydrogen) atoms. The maximum Gasteiger partial charge on any atom is 0.172 e. The second kappa shape index (κ2) is 3.19. The van der Waals surface area contributed by atoms with Gasteiger partial charge in [-0.25, -0.2) is 0 Å². The van der Waals surface area contributed by atoms with Crippen molar-refractivity contribution in [1.29, 1.82) is 0 Å². The number of carbonyl (C=O) groups is 1. The highest BCUT2D eigenvalue weighted by Gasteiger charge is 2.52. The lowest BCUT2D eigenvalue weighted by molar-refractivity contribution is -0.118. The second-order valence-corrected chi connectivity index (χ2v) is 6.56. The highest BCUT2D eigenvalue weighted by atomic mass is 79.9. The number of rotatable bonds is 2. The molecule has 1 fully saturated rings. The summed E-state index contributed by atoms with van der Waals surface area (Å²) in [5.41, 5.74) is 1.45. The van der Waals surface area contributed by atoms with E-state index in [1.807, 2.05) is 6.92 Å². The molecule has 1 saturated carbocycles. The summed E-state index contributed by atoms with van der Waals surface area (Å²) < 4.78 is 0. The number of ketones is 1. The number of Topliss-reactive ketones (excluding diaryl/α,β-unsaturated/α-hetero) is 1. The number of fused-ring (bicyclic) bond motifs is 1. The molecule has 0 amide bonds. The van der Waals surface area contributed by atoms with E-state index in [1.165, 1.54) is 6.42 Å². The van der Waals surface area contributed by atoms with Crippen LogP contribution in [0.15, 0.2) is 11.6 Å². The Morgan fingerprint density at radius 1 is 1.64 bits per heavy atom. The summed E-state index contributed by atoms with van der Waals surface area (Å²) >= 11 is 3.37. The predicted molar refractivity (Wildman–Crippen MR) is 61.5 cm³/mol. The molecule has 0 saturated heterocycles. The Morgan fingerprint density at radius 2 is 2.29 bits per heavy atom. The molecule has 0 aromatic carbocycles. The van der Waals surface area contributed by atoms with Crippen molar-refractivity contribution in [3.8, 4) is 0 Å². The van der Waals surface area contributed by atoms with Crippen molar-refractivity contribution >= 4 is 21.7 Å². The smallest absolute Gasteiger partial charge is 0.172 e. The minimum atomic E-state index is -0.0262. The average molecular weight is 257 g/mol. The largest absolute Gasteiger partial charge is 0.293 e. The Bertz CT molecular complexity index is 301. The highest BCUT2D eigenvalue weighted by Crippen LogP contribution is 2.59. The van der Waals surface area contributed by atoms with Gasteiger partial charge >= 0.3 is 0 Å². The summed E-state index contributed by atoms with van der Waals surface area (Å²) in [4.78, 5) is 11.9. The molecule has 3 atom stereocenters. The van der Waals surface area contributed by atoms with Crippen molar-refractivity contribution in [2.75, 3.05) is 0 Å². The van der Waals surface area contributed by atoms with E-state index in [-0.39, 0.29) is 4.83 Å². The number of halogens is 1. The zero-order chi connectivity index (χ0) is 10.5. The van der Waals surface area contributed by atoms with Crippen LogP contribution in [0, 0.1) is 17.3 Å². The van der Waals surface area contributed by atoms with Crippen LogP contribution in [0.2, 0.25) is 0 Å². The number of hydrogen-bond donors (Lipinski definition) is 0. The summed E-state index contributed by atoms with van der Waals surface area (Å²) in [6.45, 7) is 6.51. The van der Waals surface area contributed by atoms with E-state index in [4.69, 9.17) is 0 Å². The van der Waals surface area contributed by atoms with Gasteiger partial charge in [-0.3, -0.25) is 4.79 Å². The van der Waals surface area contributed by atoms with Crippen LogP contribution < -0.4 is 0 Å². The SMILES string of the molecule is CC(Br)C(=O)C1=CC[C@H]2C[C@@H]1C2(C)C. The van der Waals surface area contributed by atoms with Gasteiger partial charge in [-0.2, -0.15) is 0 Å². The first-order valence-electron chi connectivity index (χ1n) is 5.33. The van der Waals surface area contributed by atoms with Crippen LogP contribution in [-0.2, 0) is 4.79 Å². The molecule has 3 aliphatic rings. The lowest BCUT2D eigenvalue weighted by Gasteiger charge is -2.56. The number of allylic oxidation sites excluding steroid dienone is 2. The van der Waals surface area contributed by atoms with Crippen molar-refractivity contribution in [2.24, 2.45) is 17.3 Å². The summed E-state index contributed by atoms with van der Waals surface area (Å²) in [6, 6.07) is 0. The number of alkyl halides is 1. The van der Waals surface area contributed by atoms with Crippen LogP contribution in [0.5, 0.6) is 0 Å². The summed E-state index contributed by atoms with van der Waals surface area (Å²) in [5.74, 6) is 1.63. The second-order valence-electron chi connectivity index (χ2n) is 5.18.